The number of hydrogen-bond donors (Lipinski definition) is 3. The maximum Gasteiger partial charge on any atom is 0.321 e. The van der Waals surface area contributed by atoms with E-state index in [1.165, 1.54) is 57.8 Å². The third kappa shape index (κ3) is 3.95. The van der Waals surface area contributed by atoms with Crippen LogP contribution in [0.1, 0.15) is 77.0 Å². The molecule has 8 saturated carbocycles. The molecule has 8 aliphatic rings. The minimum absolute atomic E-state index is 0.0787. The Hall–Kier alpha value is -0.370. The zero-order valence-corrected chi connectivity index (χ0v) is 20.9. The first-order valence-corrected chi connectivity index (χ1v) is 13.7. The van der Waals surface area contributed by atoms with Crippen molar-refractivity contribution in [3.63, 3.8) is 0 Å². The van der Waals surface area contributed by atoms with Crippen molar-refractivity contribution < 1.29 is 19.8 Å². The van der Waals surface area contributed by atoms with Crippen molar-refractivity contribution in [3.8, 4) is 0 Å². The highest BCUT2D eigenvalue weighted by molar-refractivity contribution is 14.1. The largest absolute Gasteiger partial charge is 0.480 e. The van der Waals surface area contributed by atoms with Gasteiger partial charge in [0.05, 0.1) is 0 Å². The number of rotatable bonds is 5. The normalized spacial score (nSPS) is 48.1. The van der Waals surface area contributed by atoms with E-state index in [1.54, 1.807) is 7.05 Å². The van der Waals surface area contributed by atoms with Gasteiger partial charge in [0.15, 0.2) is 0 Å². The van der Waals surface area contributed by atoms with Crippen molar-refractivity contribution in [1.29, 1.82) is 0 Å². The average Bonchev–Trinajstić information content (AvgIpc) is 2.65. The Bertz CT molecular complexity index is 666. The summed E-state index contributed by atoms with van der Waals surface area (Å²) in [6.07, 6.45) is 15.3. The van der Waals surface area contributed by atoms with E-state index in [4.69, 9.17) is 0 Å². The van der Waals surface area contributed by atoms with Crippen molar-refractivity contribution in [2.24, 2.45) is 46.3 Å². The van der Waals surface area contributed by atoms with Crippen LogP contribution in [0, 0.1) is 46.3 Å². The molecule has 31 heavy (non-hydrogen) atoms. The number of halogens is 1. The zero-order valence-electron chi connectivity index (χ0n) is 18.7. The van der Waals surface area contributed by atoms with Crippen LogP contribution in [-0.4, -0.2) is 39.2 Å². The second kappa shape index (κ2) is 8.14. The molecule has 0 aliphatic heterocycles. The Morgan fingerprint density at radius 1 is 0.710 bits per heavy atom. The maximum absolute atomic E-state index is 11.4. The molecular formula is C25H38INO4. The van der Waals surface area contributed by atoms with Gasteiger partial charge in [-0.15, -0.1) is 0 Å². The monoisotopic (exact) mass is 543 g/mol. The first-order valence-electron chi connectivity index (χ1n) is 12.5. The summed E-state index contributed by atoms with van der Waals surface area (Å²) < 4.78 is -0.150. The van der Waals surface area contributed by atoms with Crippen LogP contribution in [0.25, 0.3) is 0 Å². The van der Waals surface area contributed by atoms with Gasteiger partial charge in [-0.3, -0.25) is 9.59 Å². The van der Waals surface area contributed by atoms with Gasteiger partial charge in [-0.25, -0.2) is 0 Å². The fraction of sp³-hybridized carbons (Fsp3) is 0.920. The average molecular weight is 543 g/mol. The number of carbonyl (C=O) groups is 2. The predicted molar refractivity (Wildman–Crippen MR) is 127 cm³/mol. The summed E-state index contributed by atoms with van der Waals surface area (Å²) in [5.74, 6) is 3.79. The Kier molecular flexibility index (Phi) is 5.89. The molecule has 8 fully saturated rings. The van der Waals surface area contributed by atoms with Crippen molar-refractivity contribution in [3.05, 3.63) is 0 Å². The van der Waals surface area contributed by atoms with Gasteiger partial charge in [0.2, 0.25) is 0 Å². The van der Waals surface area contributed by atoms with E-state index < -0.39 is 11.9 Å². The van der Waals surface area contributed by atoms with Crippen LogP contribution in [0.4, 0.5) is 0 Å². The van der Waals surface area contributed by atoms with Crippen LogP contribution in [0.15, 0.2) is 0 Å². The second-order valence-electron chi connectivity index (χ2n) is 12.3. The summed E-state index contributed by atoms with van der Waals surface area (Å²) in [5.41, 5.74) is 0.247. The Morgan fingerprint density at radius 3 is 1.29 bits per heavy atom. The van der Waals surface area contributed by atoms with E-state index in [-0.39, 0.29) is 20.8 Å². The van der Waals surface area contributed by atoms with Crippen LogP contribution in [0.3, 0.4) is 0 Å². The smallest absolute Gasteiger partial charge is 0.321 e. The van der Waals surface area contributed by atoms with Gasteiger partial charge in [-0.2, -0.15) is 0 Å². The molecule has 6 heteroatoms. The highest BCUT2D eigenvalue weighted by Gasteiger charge is 2.56. The predicted octanol–water partition coefficient (Wildman–Crippen LogP) is 4.97. The molecule has 8 bridgehead atoms. The van der Waals surface area contributed by atoms with Gasteiger partial charge >= 0.3 is 11.9 Å². The lowest BCUT2D eigenvalue weighted by molar-refractivity contribution is -0.151. The topological polar surface area (TPSA) is 86.6 Å². The second-order valence-corrected chi connectivity index (χ2v) is 13.6. The minimum Gasteiger partial charge on any atom is -0.480 e. The van der Waals surface area contributed by atoms with Crippen LogP contribution < -0.4 is 5.32 Å². The van der Waals surface area contributed by atoms with Gasteiger partial charge in [0, 0.05) is 0 Å². The quantitative estimate of drug-likeness (QED) is 0.337. The lowest BCUT2D eigenvalue weighted by Gasteiger charge is -2.58. The molecule has 0 aromatic carbocycles. The SMILES string of the molecule is CNC(C(=O)O)C12CC3CC(CC(C3)C1)C2.O=C(O)C(I)C12CC3CC(CC(C3)C1)C2. The number of aliphatic carboxylic acids is 2. The van der Waals surface area contributed by atoms with Crippen LogP contribution in [0.5, 0.6) is 0 Å². The van der Waals surface area contributed by atoms with E-state index in [2.05, 4.69) is 27.9 Å². The maximum atomic E-state index is 11.4. The van der Waals surface area contributed by atoms with Gasteiger partial charge in [-0.1, -0.05) is 22.6 Å². The number of nitrogens with one attached hydrogen (secondary N) is 1. The molecule has 0 radical (unpaired) electrons. The van der Waals surface area contributed by atoms with Crippen LogP contribution in [-0.2, 0) is 9.59 Å². The van der Waals surface area contributed by atoms with Crippen molar-refractivity contribution >= 4 is 34.5 Å². The molecule has 8 aliphatic carbocycles. The molecule has 8 rings (SSSR count). The highest BCUT2D eigenvalue weighted by Crippen LogP contribution is 2.63. The standard InChI is InChI=1S/C13H21NO2.C12H17IO2/c1-14-11(12(15)16)13-5-8-2-9(6-13)4-10(3-8)7-13;13-10(11(14)15)12-4-7-1-8(5-12)3-9(2-7)6-12/h8-11,14H,2-7H2,1H3,(H,15,16);7-10H,1-6H2,(H,14,15). The van der Waals surface area contributed by atoms with Gasteiger partial charge in [-0.05, 0) is 130 Å². The van der Waals surface area contributed by atoms with Crippen molar-refractivity contribution in [1.82, 2.24) is 5.32 Å². The third-order valence-electron chi connectivity index (χ3n) is 10.1. The third-order valence-corrected chi connectivity index (χ3v) is 11.9. The summed E-state index contributed by atoms with van der Waals surface area (Å²) in [5, 5.41) is 21.7. The number of likely N-dealkylation sites (N-methyl/N-ethyl adjacent to an activating group) is 1. The van der Waals surface area contributed by atoms with E-state index in [0.717, 1.165) is 54.8 Å². The molecule has 2 atom stereocenters. The molecule has 3 N–H and O–H groups in total. The summed E-state index contributed by atoms with van der Waals surface area (Å²) in [6, 6.07) is -0.319. The molecule has 2 unspecified atom stereocenters. The number of carboxylic acid groups (broad SMARTS) is 2. The fourth-order valence-electron chi connectivity index (χ4n) is 9.97. The summed E-state index contributed by atoms with van der Waals surface area (Å²) in [4.78, 5) is 22.6. The Balaban J connectivity index is 0.000000132. The molecule has 0 amide bonds. The van der Waals surface area contributed by atoms with E-state index >= 15 is 0 Å². The number of alkyl halides is 1. The summed E-state index contributed by atoms with van der Waals surface area (Å²) in [6.45, 7) is 0. The molecular weight excluding hydrogens is 505 g/mol. The van der Waals surface area contributed by atoms with E-state index in [1.807, 2.05) is 0 Å². The lowest BCUT2D eigenvalue weighted by atomic mass is 9.47. The van der Waals surface area contributed by atoms with Gasteiger partial charge < -0.3 is 15.5 Å². The molecule has 0 saturated heterocycles. The number of hydrogen-bond acceptors (Lipinski definition) is 3. The molecule has 174 valence electrons. The first kappa shape index (κ1) is 22.4. The summed E-state index contributed by atoms with van der Waals surface area (Å²) >= 11 is 2.18. The molecule has 5 nitrogen and oxygen atoms in total. The molecule has 0 spiro atoms. The molecule has 0 aromatic rings. The molecule has 0 aromatic heterocycles. The molecule has 0 heterocycles. The highest BCUT2D eigenvalue weighted by atomic mass is 127. The Labute approximate surface area is 199 Å². The lowest BCUT2D eigenvalue weighted by Crippen LogP contribution is -2.58. The zero-order chi connectivity index (χ0) is 22.0. The fourth-order valence-corrected chi connectivity index (χ4v) is 10.7. The summed E-state index contributed by atoms with van der Waals surface area (Å²) in [7, 11) is 1.80. The number of carboxylic acids is 2. The first-order chi connectivity index (χ1) is 14.7. The van der Waals surface area contributed by atoms with Crippen LogP contribution >= 0.6 is 22.6 Å². The van der Waals surface area contributed by atoms with Gasteiger partial charge in [0.25, 0.3) is 0 Å². The minimum atomic E-state index is -0.649. The van der Waals surface area contributed by atoms with E-state index in [0.29, 0.717) is 0 Å². The van der Waals surface area contributed by atoms with E-state index in [9.17, 15) is 19.8 Å². The van der Waals surface area contributed by atoms with Gasteiger partial charge in [0.1, 0.15) is 9.97 Å². The van der Waals surface area contributed by atoms with Crippen molar-refractivity contribution in [2.45, 2.75) is 87.0 Å². The Morgan fingerprint density at radius 2 is 1.03 bits per heavy atom. The van der Waals surface area contributed by atoms with Crippen LogP contribution in [0.2, 0.25) is 0 Å². The van der Waals surface area contributed by atoms with Crippen molar-refractivity contribution in [2.75, 3.05) is 7.05 Å².